The number of fused-ring (bicyclic) bond motifs is 2. The number of anilines is 2. The molecular formula is C56H58N3O5S2+. The second-order valence-corrected chi connectivity index (χ2v) is 20.5. The van der Waals surface area contributed by atoms with Crippen LogP contribution in [0.2, 0.25) is 0 Å². The van der Waals surface area contributed by atoms with Crippen molar-refractivity contribution in [2.24, 2.45) is 11.8 Å². The molecule has 0 atom stereocenters. The third-order valence-electron chi connectivity index (χ3n) is 14.5. The van der Waals surface area contributed by atoms with E-state index >= 15 is 0 Å². The van der Waals surface area contributed by atoms with E-state index in [2.05, 4.69) is 118 Å². The number of aliphatic hydroxyl groups excluding tert-OH is 1. The fraction of sp³-hybridized carbons (Fsp3) is 0.339. The van der Waals surface area contributed by atoms with Crippen LogP contribution in [0.3, 0.4) is 0 Å². The van der Waals surface area contributed by atoms with Crippen molar-refractivity contribution in [2.45, 2.75) is 41.1 Å². The summed E-state index contributed by atoms with van der Waals surface area (Å²) in [5.41, 5.74) is 9.54. The van der Waals surface area contributed by atoms with Crippen LogP contribution >= 0.6 is 23.5 Å². The lowest BCUT2D eigenvalue weighted by molar-refractivity contribution is -0.0123. The van der Waals surface area contributed by atoms with Gasteiger partial charge in [0.1, 0.15) is 41.5 Å². The molecule has 11 rings (SSSR count). The Morgan fingerprint density at radius 2 is 1.30 bits per heavy atom. The smallest absolute Gasteiger partial charge is 0.203 e. The summed E-state index contributed by atoms with van der Waals surface area (Å²) in [6.07, 6.45) is 4.03. The van der Waals surface area contributed by atoms with E-state index in [0.29, 0.717) is 18.4 Å². The maximum absolute atomic E-state index is 9.83. The highest BCUT2D eigenvalue weighted by Crippen LogP contribution is 2.50. The van der Waals surface area contributed by atoms with E-state index in [0.717, 1.165) is 127 Å². The van der Waals surface area contributed by atoms with Crippen LogP contribution in [-0.2, 0) is 10.3 Å². The molecule has 1 N–H and O–H groups in total. The van der Waals surface area contributed by atoms with Crippen molar-refractivity contribution < 1.29 is 23.7 Å². The molecule has 10 heteroatoms. The second-order valence-electron chi connectivity index (χ2n) is 18.2. The predicted octanol–water partition coefficient (Wildman–Crippen LogP) is 10.6. The van der Waals surface area contributed by atoms with Crippen LogP contribution in [0.1, 0.15) is 42.4 Å². The number of aliphatic hydroxyl groups is 1. The monoisotopic (exact) mass is 916 g/mol. The van der Waals surface area contributed by atoms with Crippen molar-refractivity contribution in [3.8, 4) is 33.9 Å². The minimum atomic E-state index is -0.834. The first-order valence-corrected chi connectivity index (χ1v) is 25.6. The van der Waals surface area contributed by atoms with Gasteiger partial charge in [-0.15, -0.1) is 23.5 Å². The molecule has 0 bridgehead atoms. The van der Waals surface area contributed by atoms with Crippen LogP contribution in [0.25, 0.3) is 33.4 Å². The number of thioether (sulfide) groups is 2. The summed E-state index contributed by atoms with van der Waals surface area (Å²) in [6.45, 7) is 6.86. The fourth-order valence-corrected chi connectivity index (χ4v) is 13.0. The molecule has 5 aliphatic heterocycles. The first-order chi connectivity index (χ1) is 32.5. The normalized spacial score (nSPS) is 17.9. The van der Waals surface area contributed by atoms with E-state index < -0.39 is 5.60 Å². The van der Waals surface area contributed by atoms with E-state index in [4.69, 9.17) is 18.6 Å². The Bertz CT molecular complexity index is 2790. The summed E-state index contributed by atoms with van der Waals surface area (Å²) in [7, 11) is 3.41. The predicted molar refractivity (Wildman–Crippen MR) is 270 cm³/mol. The van der Waals surface area contributed by atoms with E-state index in [-0.39, 0.29) is 6.61 Å². The number of benzene rings is 6. The minimum Gasteiger partial charge on any atom is -0.497 e. The van der Waals surface area contributed by atoms with Gasteiger partial charge in [-0.25, -0.2) is 4.58 Å². The Labute approximate surface area is 396 Å². The zero-order chi connectivity index (χ0) is 44.6. The number of methoxy groups -OCH3 is 2. The highest BCUT2D eigenvalue weighted by atomic mass is 32.2. The SMILES string of the molecule is COc1ccc(C(OCC2CCN(c3ccc4c(-c5cc6c7c(c5)SCCN7CCS6)c5ccc(=[N+]6CCC(CO)CC6)cc-5oc4c3)CC2)(c2ccccc2)c2ccc(OC)cc2)cc1. The van der Waals surface area contributed by atoms with Gasteiger partial charge in [0.15, 0.2) is 0 Å². The van der Waals surface area contributed by atoms with Crippen LogP contribution in [0, 0.1) is 11.8 Å². The van der Waals surface area contributed by atoms with Crippen molar-refractivity contribution in [1.29, 1.82) is 0 Å². The van der Waals surface area contributed by atoms with E-state index in [9.17, 15) is 5.11 Å². The van der Waals surface area contributed by atoms with Crippen LogP contribution in [0.4, 0.5) is 11.4 Å². The van der Waals surface area contributed by atoms with Gasteiger partial charge in [0, 0.05) is 101 Å². The number of nitrogens with zero attached hydrogens (tertiary/aromatic N) is 3. The molecule has 2 fully saturated rings. The average molecular weight is 917 g/mol. The van der Waals surface area contributed by atoms with E-state index in [1.807, 2.05) is 47.8 Å². The molecule has 0 spiro atoms. The molecule has 0 amide bonds. The maximum atomic E-state index is 9.83. The van der Waals surface area contributed by atoms with Gasteiger partial charge in [0.25, 0.3) is 0 Å². The molecule has 5 heterocycles. The van der Waals surface area contributed by atoms with Crippen molar-refractivity contribution in [2.75, 3.05) is 88.0 Å². The molecule has 5 aromatic rings. The summed E-state index contributed by atoms with van der Waals surface area (Å²) < 4.78 is 28.0. The molecule has 66 heavy (non-hydrogen) atoms. The molecule has 5 aromatic carbocycles. The molecule has 0 aromatic heterocycles. The van der Waals surface area contributed by atoms with Crippen molar-refractivity contribution in [3.63, 3.8) is 0 Å². The minimum absolute atomic E-state index is 0.269. The third-order valence-corrected chi connectivity index (χ3v) is 16.5. The quantitative estimate of drug-likeness (QED) is 0.0776. The van der Waals surface area contributed by atoms with Gasteiger partial charge in [0.05, 0.1) is 32.6 Å². The summed E-state index contributed by atoms with van der Waals surface area (Å²) in [6, 6.07) is 45.8. The lowest BCUT2D eigenvalue weighted by Crippen LogP contribution is -2.38. The van der Waals surface area contributed by atoms with Crippen molar-refractivity contribution >= 4 is 45.9 Å². The highest BCUT2D eigenvalue weighted by molar-refractivity contribution is 8.00. The molecule has 0 saturated carbocycles. The third kappa shape index (κ3) is 8.14. The van der Waals surface area contributed by atoms with Gasteiger partial charge in [-0.3, -0.25) is 0 Å². The maximum Gasteiger partial charge on any atom is 0.203 e. The zero-order valence-electron chi connectivity index (χ0n) is 37.9. The number of hydrogen-bond acceptors (Lipinski definition) is 9. The largest absolute Gasteiger partial charge is 0.497 e. The van der Waals surface area contributed by atoms with Gasteiger partial charge < -0.3 is 33.5 Å². The fourth-order valence-electron chi connectivity index (χ4n) is 10.7. The van der Waals surface area contributed by atoms with Crippen LogP contribution in [0.5, 0.6) is 11.5 Å². The summed E-state index contributed by atoms with van der Waals surface area (Å²) >= 11 is 3.99. The average Bonchev–Trinajstić information content (AvgIpc) is 3.38. The topological polar surface area (TPSA) is 70.6 Å². The molecule has 0 unspecified atom stereocenters. The molecular weight excluding hydrogens is 859 g/mol. The Balaban J connectivity index is 0.912. The van der Waals surface area contributed by atoms with Crippen LogP contribution < -0.4 is 29.2 Å². The zero-order valence-corrected chi connectivity index (χ0v) is 39.5. The standard InChI is InChI=1S/C56H58N3O5S2/c1-61-46-14-8-42(9-15-46)56(41-6-4-3-5-7-41,43-10-16-47(62-2)17-11-43)63-37-39-22-26-58(27-23-39)45-13-19-49-51(35-45)64-50-34-44(57-24-20-38(36-60)21-25-57)12-18-48(50)54(49)40-32-52-55-53(33-40)66-31-29-59(55)28-30-65-52/h3-19,32-35,38-39,60H,20-31,36-37H2,1-2H3/q+1. The number of rotatable bonds is 11. The van der Waals surface area contributed by atoms with Crippen LogP contribution in [-0.4, -0.2) is 83.3 Å². The lowest BCUT2D eigenvalue weighted by Gasteiger charge is -2.39. The van der Waals surface area contributed by atoms with Gasteiger partial charge in [-0.05, 0) is 102 Å². The van der Waals surface area contributed by atoms with Gasteiger partial charge in [-0.2, -0.15) is 0 Å². The Morgan fingerprint density at radius 1 is 0.667 bits per heavy atom. The summed E-state index contributed by atoms with van der Waals surface area (Å²) in [5.74, 6) is 5.53. The van der Waals surface area contributed by atoms with Crippen molar-refractivity contribution in [1.82, 2.24) is 4.58 Å². The second kappa shape index (κ2) is 18.7. The molecule has 8 nitrogen and oxygen atoms in total. The Kier molecular flexibility index (Phi) is 12.2. The first-order valence-electron chi connectivity index (χ1n) is 23.6. The molecule has 6 aliphatic rings. The van der Waals surface area contributed by atoms with Crippen molar-refractivity contribution in [3.05, 3.63) is 149 Å². The molecule has 338 valence electrons. The van der Waals surface area contributed by atoms with Gasteiger partial charge in [0.2, 0.25) is 5.36 Å². The lowest BCUT2D eigenvalue weighted by atomic mass is 9.79. The Morgan fingerprint density at radius 3 is 1.92 bits per heavy atom. The summed E-state index contributed by atoms with van der Waals surface area (Å²) in [4.78, 5) is 7.90. The Hall–Kier alpha value is -5.39. The highest BCUT2D eigenvalue weighted by Gasteiger charge is 2.39. The molecule has 2 saturated heterocycles. The number of hydrogen-bond donors (Lipinski definition) is 1. The van der Waals surface area contributed by atoms with Crippen LogP contribution in [0.15, 0.2) is 142 Å². The number of ether oxygens (including phenoxy) is 3. The van der Waals surface area contributed by atoms with E-state index in [1.54, 1.807) is 14.2 Å². The molecule has 1 aliphatic carbocycles. The molecule has 0 radical (unpaired) electrons. The summed E-state index contributed by atoms with van der Waals surface area (Å²) in [5, 5.41) is 12.2. The number of piperidine rings is 2. The first kappa shape index (κ1) is 43.2. The van der Waals surface area contributed by atoms with E-state index in [1.165, 1.54) is 37.6 Å². The van der Waals surface area contributed by atoms with Gasteiger partial charge in [-0.1, -0.05) is 54.6 Å². The van der Waals surface area contributed by atoms with Gasteiger partial charge >= 0.3 is 0 Å².